The van der Waals surface area contributed by atoms with Crippen molar-refractivity contribution in [2.75, 3.05) is 0 Å². The first kappa shape index (κ1) is 12.8. The highest BCUT2D eigenvalue weighted by atomic mass is 32.1. The number of aryl methyl sites for hydroxylation is 1. The maximum Gasteiger partial charge on any atom is 0.131 e. The van der Waals surface area contributed by atoms with Gasteiger partial charge >= 0.3 is 0 Å². The van der Waals surface area contributed by atoms with E-state index >= 15 is 0 Å². The van der Waals surface area contributed by atoms with E-state index < -0.39 is 6.10 Å². The Hall–Kier alpha value is -1.19. The molecule has 2 unspecified atom stereocenters. The van der Waals surface area contributed by atoms with Gasteiger partial charge in [0.15, 0.2) is 0 Å². The zero-order chi connectivity index (χ0) is 13.2. The van der Waals surface area contributed by atoms with Gasteiger partial charge in [0, 0.05) is 4.88 Å². The van der Waals surface area contributed by atoms with Gasteiger partial charge in [0.25, 0.3) is 0 Å². The second kappa shape index (κ2) is 5.43. The van der Waals surface area contributed by atoms with Gasteiger partial charge in [-0.2, -0.15) is 0 Å². The topological polar surface area (TPSA) is 33.1 Å². The Morgan fingerprint density at radius 2 is 2.16 bits per heavy atom. The van der Waals surface area contributed by atoms with Crippen molar-refractivity contribution in [2.45, 2.75) is 38.7 Å². The largest absolute Gasteiger partial charge is 0.381 e. The molecule has 100 valence electrons. The lowest BCUT2D eigenvalue weighted by Crippen LogP contribution is -2.11. The summed E-state index contributed by atoms with van der Waals surface area (Å²) in [5.41, 5.74) is 2.15. The number of hydrogen-bond donors (Lipinski definition) is 1. The normalized spacial score (nSPS) is 20.0. The van der Waals surface area contributed by atoms with E-state index in [0.29, 0.717) is 0 Å². The van der Waals surface area contributed by atoms with E-state index in [1.165, 1.54) is 23.4 Å². The predicted octanol–water partition coefficient (Wildman–Crippen LogP) is 3.74. The van der Waals surface area contributed by atoms with Crippen molar-refractivity contribution >= 4 is 11.3 Å². The van der Waals surface area contributed by atoms with Gasteiger partial charge in [0.05, 0.1) is 5.69 Å². The lowest BCUT2D eigenvalue weighted by molar-refractivity contribution is 0.219. The van der Waals surface area contributed by atoms with Crippen molar-refractivity contribution in [3.05, 3.63) is 51.5 Å². The van der Waals surface area contributed by atoms with Crippen LogP contribution in [0.1, 0.15) is 47.0 Å². The van der Waals surface area contributed by atoms with Crippen molar-refractivity contribution in [3.8, 4) is 0 Å². The molecule has 0 bridgehead atoms. The third kappa shape index (κ3) is 2.58. The van der Waals surface area contributed by atoms with Crippen molar-refractivity contribution in [2.24, 2.45) is 5.92 Å². The van der Waals surface area contributed by atoms with Crippen LogP contribution in [-0.4, -0.2) is 10.1 Å². The summed E-state index contributed by atoms with van der Waals surface area (Å²) in [6.07, 6.45) is 4.13. The highest BCUT2D eigenvalue weighted by Crippen LogP contribution is 2.35. The standard InChI is InChI=1S/C16H19NOS/c1-2-11-8-9-13-14(10-11)19-16(17-13)15(18)12-6-4-3-5-7-12/h3-7,11,15,18H,2,8-10H2,1H3. The summed E-state index contributed by atoms with van der Waals surface area (Å²) in [6.45, 7) is 2.26. The summed E-state index contributed by atoms with van der Waals surface area (Å²) in [6, 6.07) is 9.80. The van der Waals surface area contributed by atoms with Crippen molar-refractivity contribution in [3.63, 3.8) is 0 Å². The Morgan fingerprint density at radius 1 is 1.37 bits per heavy atom. The molecule has 1 aromatic heterocycles. The summed E-state index contributed by atoms with van der Waals surface area (Å²) in [5.74, 6) is 0.801. The molecule has 0 saturated carbocycles. The van der Waals surface area contributed by atoms with Crippen LogP contribution in [0.3, 0.4) is 0 Å². The zero-order valence-corrected chi connectivity index (χ0v) is 12.0. The molecule has 0 spiro atoms. The Morgan fingerprint density at radius 3 is 2.89 bits per heavy atom. The molecule has 2 aromatic rings. The Kier molecular flexibility index (Phi) is 3.67. The summed E-state index contributed by atoms with van der Waals surface area (Å²) >= 11 is 1.70. The second-order valence-corrected chi connectivity index (χ2v) is 6.37. The summed E-state index contributed by atoms with van der Waals surface area (Å²) in [5, 5.41) is 11.3. The van der Waals surface area contributed by atoms with Gasteiger partial charge in [-0.25, -0.2) is 4.98 Å². The molecule has 0 aliphatic heterocycles. The molecule has 0 amide bonds. The molecule has 0 fully saturated rings. The van der Waals surface area contributed by atoms with Crippen molar-refractivity contribution in [1.82, 2.24) is 4.98 Å². The molecule has 1 aromatic carbocycles. The zero-order valence-electron chi connectivity index (χ0n) is 11.2. The summed E-state index contributed by atoms with van der Waals surface area (Å²) in [7, 11) is 0. The van der Waals surface area contributed by atoms with Crippen LogP contribution in [-0.2, 0) is 12.8 Å². The number of aliphatic hydroxyl groups excluding tert-OH is 1. The second-order valence-electron chi connectivity index (χ2n) is 5.25. The Labute approximate surface area is 118 Å². The molecule has 1 aliphatic rings. The molecule has 3 rings (SSSR count). The minimum Gasteiger partial charge on any atom is -0.381 e. The molecular weight excluding hydrogens is 254 g/mol. The molecule has 1 aliphatic carbocycles. The van der Waals surface area contributed by atoms with Crippen LogP contribution in [0.5, 0.6) is 0 Å². The molecule has 2 nitrogen and oxygen atoms in total. The maximum atomic E-state index is 10.4. The Bertz CT molecular complexity index is 549. The molecule has 3 heteroatoms. The minimum atomic E-state index is -0.572. The first-order valence-electron chi connectivity index (χ1n) is 6.99. The van der Waals surface area contributed by atoms with E-state index in [0.717, 1.165) is 29.3 Å². The van der Waals surface area contributed by atoms with E-state index in [1.54, 1.807) is 11.3 Å². The quantitative estimate of drug-likeness (QED) is 0.924. The lowest BCUT2D eigenvalue weighted by atomic mass is 9.89. The van der Waals surface area contributed by atoms with Crippen LogP contribution >= 0.6 is 11.3 Å². The number of nitrogens with zero attached hydrogens (tertiary/aromatic N) is 1. The first-order valence-corrected chi connectivity index (χ1v) is 7.81. The van der Waals surface area contributed by atoms with E-state index in [2.05, 4.69) is 11.9 Å². The van der Waals surface area contributed by atoms with Crippen molar-refractivity contribution in [1.29, 1.82) is 0 Å². The molecule has 0 radical (unpaired) electrons. The number of hydrogen-bond acceptors (Lipinski definition) is 3. The lowest BCUT2D eigenvalue weighted by Gasteiger charge is -2.18. The van der Waals surface area contributed by atoms with E-state index in [-0.39, 0.29) is 0 Å². The van der Waals surface area contributed by atoms with E-state index in [9.17, 15) is 5.11 Å². The van der Waals surface area contributed by atoms with Crippen LogP contribution in [0.2, 0.25) is 0 Å². The van der Waals surface area contributed by atoms with Crippen LogP contribution in [0, 0.1) is 5.92 Å². The molecule has 0 saturated heterocycles. The van der Waals surface area contributed by atoms with Gasteiger partial charge in [-0.3, -0.25) is 0 Å². The van der Waals surface area contributed by atoms with Crippen LogP contribution in [0.25, 0.3) is 0 Å². The van der Waals surface area contributed by atoms with Gasteiger partial charge in [-0.15, -0.1) is 11.3 Å². The SMILES string of the molecule is CCC1CCc2nc(C(O)c3ccccc3)sc2C1. The first-order chi connectivity index (χ1) is 9.28. The molecule has 19 heavy (non-hydrogen) atoms. The fourth-order valence-corrected chi connectivity index (χ4v) is 3.95. The number of aliphatic hydroxyl groups is 1. The van der Waals surface area contributed by atoms with E-state index in [4.69, 9.17) is 0 Å². The number of fused-ring (bicyclic) bond motifs is 1. The predicted molar refractivity (Wildman–Crippen MR) is 78.4 cm³/mol. The highest BCUT2D eigenvalue weighted by Gasteiger charge is 2.24. The van der Waals surface area contributed by atoms with Crippen LogP contribution < -0.4 is 0 Å². The summed E-state index contributed by atoms with van der Waals surface area (Å²) in [4.78, 5) is 6.06. The monoisotopic (exact) mass is 273 g/mol. The Balaban J connectivity index is 1.85. The van der Waals surface area contributed by atoms with Crippen LogP contribution in [0.4, 0.5) is 0 Å². The smallest absolute Gasteiger partial charge is 0.131 e. The number of rotatable bonds is 3. The minimum absolute atomic E-state index is 0.572. The fourth-order valence-electron chi connectivity index (χ4n) is 2.71. The molecule has 2 atom stereocenters. The highest BCUT2D eigenvalue weighted by molar-refractivity contribution is 7.11. The molecular formula is C16H19NOS. The molecule has 1 N–H and O–H groups in total. The number of benzene rings is 1. The maximum absolute atomic E-state index is 10.4. The number of aromatic nitrogens is 1. The van der Waals surface area contributed by atoms with E-state index in [1.807, 2.05) is 30.3 Å². The average molecular weight is 273 g/mol. The van der Waals surface area contributed by atoms with Gasteiger partial charge in [-0.05, 0) is 30.7 Å². The average Bonchev–Trinajstić information content (AvgIpc) is 2.90. The third-order valence-electron chi connectivity index (χ3n) is 3.98. The molecule has 1 heterocycles. The van der Waals surface area contributed by atoms with Gasteiger partial charge in [0.1, 0.15) is 11.1 Å². The van der Waals surface area contributed by atoms with Gasteiger partial charge in [0.2, 0.25) is 0 Å². The number of thiazole rings is 1. The van der Waals surface area contributed by atoms with Gasteiger partial charge < -0.3 is 5.11 Å². The van der Waals surface area contributed by atoms with Gasteiger partial charge in [-0.1, -0.05) is 43.7 Å². The summed E-state index contributed by atoms with van der Waals surface area (Å²) < 4.78 is 0. The van der Waals surface area contributed by atoms with Crippen LogP contribution in [0.15, 0.2) is 30.3 Å². The van der Waals surface area contributed by atoms with Crippen molar-refractivity contribution < 1.29 is 5.11 Å². The fraction of sp³-hybridized carbons (Fsp3) is 0.438. The third-order valence-corrected chi connectivity index (χ3v) is 5.16.